The van der Waals surface area contributed by atoms with Gasteiger partial charge in [0.05, 0.1) is 12.6 Å². The van der Waals surface area contributed by atoms with Crippen molar-refractivity contribution in [1.29, 1.82) is 0 Å². The molecule has 1 aliphatic heterocycles. The lowest BCUT2D eigenvalue weighted by Gasteiger charge is -2.47. The molecular weight excluding hydrogens is 278 g/mol. The molecule has 22 heavy (non-hydrogen) atoms. The summed E-state index contributed by atoms with van der Waals surface area (Å²) in [4.78, 5) is 18.3. The van der Waals surface area contributed by atoms with E-state index in [4.69, 9.17) is 4.74 Å². The van der Waals surface area contributed by atoms with Crippen LogP contribution < -0.4 is 5.32 Å². The first-order valence-electron chi connectivity index (χ1n) is 8.17. The van der Waals surface area contributed by atoms with Gasteiger partial charge in [0.25, 0.3) is 0 Å². The van der Waals surface area contributed by atoms with Crippen LogP contribution in [-0.4, -0.2) is 48.1 Å². The number of carbonyl (C=O) groups is 1. The Morgan fingerprint density at radius 1 is 1.45 bits per heavy atom. The normalized spacial score (nSPS) is 30.0. The molecule has 0 aromatic carbocycles. The monoisotopic (exact) mass is 303 g/mol. The van der Waals surface area contributed by atoms with E-state index < -0.39 is 0 Å². The van der Waals surface area contributed by atoms with Crippen molar-refractivity contribution < 1.29 is 9.53 Å². The molecule has 0 spiro atoms. The maximum atomic E-state index is 12.3. The highest BCUT2D eigenvalue weighted by molar-refractivity contribution is 5.78. The second-order valence-corrected chi connectivity index (χ2v) is 6.48. The Morgan fingerprint density at radius 3 is 2.95 bits per heavy atom. The molecule has 1 N–H and O–H groups in total. The molecule has 1 saturated heterocycles. The Hall–Kier alpha value is -1.46. The van der Waals surface area contributed by atoms with Crippen molar-refractivity contribution in [2.45, 2.75) is 38.5 Å². The van der Waals surface area contributed by atoms with E-state index in [9.17, 15) is 4.79 Å². The second-order valence-electron chi connectivity index (χ2n) is 6.48. The van der Waals surface area contributed by atoms with Crippen LogP contribution >= 0.6 is 0 Å². The summed E-state index contributed by atoms with van der Waals surface area (Å²) in [6, 6.07) is 4.27. The zero-order chi connectivity index (χ0) is 15.5. The number of carbonyl (C=O) groups excluding carboxylic acids is 1. The summed E-state index contributed by atoms with van der Waals surface area (Å²) >= 11 is 0. The standard InChI is InChI=1S/C17H25N3O2/c1-3-13-16(14-6-9-22-17(13)14)19-15(21)11-20(2)10-12-4-7-18-8-5-12/h4-5,7-8,13-14,16-17H,3,6,9-11H2,1-2H3,(H,19,21)/t13-,14+,16+,17-/m1/s1. The van der Waals surface area contributed by atoms with Gasteiger partial charge in [-0.15, -0.1) is 0 Å². The molecule has 1 aromatic rings. The smallest absolute Gasteiger partial charge is 0.234 e. The van der Waals surface area contributed by atoms with Crippen LogP contribution in [0.15, 0.2) is 24.5 Å². The molecule has 1 amide bonds. The number of hydrogen-bond acceptors (Lipinski definition) is 4. The number of hydrogen-bond donors (Lipinski definition) is 1. The molecule has 0 radical (unpaired) electrons. The van der Waals surface area contributed by atoms with Gasteiger partial charge in [-0.25, -0.2) is 0 Å². The summed E-state index contributed by atoms with van der Waals surface area (Å²) in [5, 5.41) is 3.23. The summed E-state index contributed by atoms with van der Waals surface area (Å²) in [5.74, 6) is 1.13. The summed E-state index contributed by atoms with van der Waals surface area (Å²) < 4.78 is 5.76. The molecule has 5 heteroatoms. The molecule has 1 aliphatic carbocycles. The van der Waals surface area contributed by atoms with Crippen LogP contribution in [0.3, 0.4) is 0 Å². The largest absolute Gasteiger partial charge is 0.377 e. The predicted octanol–water partition coefficient (Wildman–Crippen LogP) is 1.44. The van der Waals surface area contributed by atoms with Crippen LogP contribution in [0.5, 0.6) is 0 Å². The highest BCUT2D eigenvalue weighted by Gasteiger charge is 2.53. The fourth-order valence-electron chi connectivity index (χ4n) is 3.86. The molecule has 1 saturated carbocycles. The lowest BCUT2D eigenvalue weighted by molar-refractivity contribution is -0.128. The maximum absolute atomic E-state index is 12.3. The number of aromatic nitrogens is 1. The number of fused-ring (bicyclic) bond motifs is 1. The summed E-state index contributed by atoms with van der Waals surface area (Å²) in [7, 11) is 1.97. The Bertz CT molecular complexity index is 508. The van der Waals surface area contributed by atoms with Gasteiger partial charge in [0.2, 0.25) is 5.91 Å². The third-order valence-corrected chi connectivity index (χ3v) is 4.94. The van der Waals surface area contributed by atoms with E-state index in [0.29, 0.717) is 30.5 Å². The van der Waals surface area contributed by atoms with E-state index in [-0.39, 0.29) is 5.91 Å². The SMILES string of the molecule is CC[C@@H]1[C@H](NC(=O)CN(C)Cc2ccncc2)[C@@H]2CCO[C@H]12. The van der Waals surface area contributed by atoms with Crippen LogP contribution in [-0.2, 0) is 16.1 Å². The van der Waals surface area contributed by atoms with Gasteiger partial charge in [0.1, 0.15) is 0 Å². The number of likely N-dealkylation sites (N-methyl/N-ethyl adjacent to an activating group) is 1. The highest BCUT2D eigenvalue weighted by atomic mass is 16.5. The maximum Gasteiger partial charge on any atom is 0.234 e. The molecule has 120 valence electrons. The Morgan fingerprint density at radius 2 is 2.23 bits per heavy atom. The predicted molar refractivity (Wildman–Crippen MR) is 84.1 cm³/mol. The molecule has 3 rings (SSSR count). The third-order valence-electron chi connectivity index (χ3n) is 4.94. The van der Waals surface area contributed by atoms with E-state index in [0.717, 1.165) is 26.0 Å². The van der Waals surface area contributed by atoms with Crippen molar-refractivity contribution in [3.63, 3.8) is 0 Å². The Balaban J connectivity index is 1.48. The molecule has 4 atom stereocenters. The van der Waals surface area contributed by atoms with Crippen LogP contribution in [0.1, 0.15) is 25.3 Å². The highest BCUT2D eigenvalue weighted by Crippen LogP contribution is 2.45. The molecule has 1 aromatic heterocycles. The van der Waals surface area contributed by atoms with E-state index in [2.05, 4.69) is 17.2 Å². The van der Waals surface area contributed by atoms with Gasteiger partial charge in [0, 0.05) is 43.4 Å². The Labute approximate surface area is 132 Å². The Kier molecular flexibility index (Phi) is 4.74. The summed E-state index contributed by atoms with van der Waals surface area (Å²) in [5.41, 5.74) is 1.17. The first kappa shape index (κ1) is 15.4. The molecule has 5 nitrogen and oxygen atoms in total. The van der Waals surface area contributed by atoms with Gasteiger partial charge < -0.3 is 10.1 Å². The topological polar surface area (TPSA) is 54.5 Å². The van der Waals surface area contributed by atoms with Crippen LogP contribution in [0, 0.1) is 11.8 Å². The quantitative estimate of drug-likeness (QED) is 0.864. The van der Waals surface area contributed by atoms with E-state index in [1.165, 1.54) is 5.56 Å². The van der Waals surface area contributed by atoms with Crippen molar-refractivity contribution in [1.82, 2.24) is 15.2 Å². The summed E-state index contributed by atoms with van der Waals surface area (Å²) in [6.07, 6.45) is 6.09. The molecular formula is C17H25N3O2. The molecule has 0 unspecified atom stereocenters. The van der Waals surface area contributed by atoms with Gasteiger partial charge in [0.15, 0.2) is 0 Å². The molecule has 2 fully saturated rings. The van der Waals surface area contributed by atoms with Crippen molar-refractivity contribution in [2.24, 2.45) is 11.8 Å². The first-order valence-corrected chi connectivity index (χ1v) is 8.17. The van der Waals surface area contributed by atoms with Crippen LogP contribution in [0.2, 0.25) is 0 Å². The van der Waals surface area contributed by atoms with Gasteiger partial charge in [-0.3, -0.25) is 14.7 Å². The van der Waals surface area contributed by atoms with Gasteiger partial charge >= 0.3 is 0 Å². The fraction of sp³-hybridized carbons (Fsp3) is 0.647. The van der Waals surface area contributed by atoms with Crippen LogP contribution in [0.4, 0.5) is 0 Å². The average Bonchev–Trinajstić information content (AvgIpc) is 2.90. The average molecular weight is 303 g/mol. The fourth-order valence-corrected chi connectivity index (χ4v) is 3.86. The van der Waals surface area contributed by atoms with Crippen molar-refractivity contribution in [3.05, 3.63) is 30.1 Å². The number of rotatable bonds is 6. The number of pyridine rings is 1. The molecule has 0 bridgehead atoms. The van der Waals surface area contributed by atoms with Crippen molar-refractivity contribution in [3.8, 4) is 0 Å². The van der Waals surface area contributed by atoms with Gasteiger partial charge in [-0.1, -0.05) is 6.92 Å². The number of amides is 1. The van der Waals surface area contributed by atoms with Crippen LogP contribution in [0.25, 0.3) is 0 Å². The minimum Gasteiger partial charge on any atom is -0.377 e. The number of nitrogens with one attached hydrogen (secondary N) is 1. The zero-order valence-electron chi connectivity index (χ0n) is 13.4. The van der Waals surface area contributed by atoms with Crippen molar-refractivity contribution >= 4 is 5.91 Å². The number of ether oxygens (including phenoxy) is 1. The zero-order valence-corrected chi connectivity index (χ0v) is 13.4. The van der Waals surface area contributed by atoms with Gasteiger partial charge in [-0.2, -0.15) is 0 Å². The molecule has 2 heterocycles. The minimum absolute atomic E-state index is 0.116. The van der Waals surface area contributed by atoms with E-state index >= 15 is 0 Å². The van der Waals surface area contributed by atoms with E-state index in [1.807, 2.05) is 24.1 Å². The van der Waals surface area contributed by atoms with Crippen molar-refractivity contribution in [2.75, 3.05) is 20.2 Å². The second kappa shape index (κ2) is 6.75. The molecule has 2 aliphatic rings. The third kappa shape index (κ3) is 3.15. The summed E-state index contributed by atoms with van der Waals surface area (Å²) in [6.45, 7) is 4.21. The lowest BCUT2D eigenvalue weighted by Crippen LogP contribution is -2.62. The first-order chi connectivity index (χ1) is 10.7. The number of nitrogens with zero attached hydrogens (tertiary/aromatic N) is 2. The minimum atomic E-state index is 0.116. The van der Waals surface area contributed by atoms with E-state index in [1.54, 1.807) is 12.4 Å². The van der Waals surface area contributed by atoms with Gasteiger partial charge in [-0.05, 0) is 37.6 Å². The lowest BCUT2D eigenvalue weighted by atomic mass is 9.65.